The molecule has 1 fully saturated rings. The fourth-order valence-electron chi connectivity index (χ4n) is 4.15. The van der Waals surface area contributed by atoms with Crippen LogP contribution in [-0.4, -0.2) is 46.7 Å². The third kappa shape index (κ3) is 4.46. The lowest BCUT2D eigenvalue weighted by atomic mass is 10.1. The van der Waals surface area contributed by atoms with Crippen LogP contribution in [0.3, 0.4) is 0 Å². The van der Waals surface area contributed by atoms with Gasteiger partial charge in [-0.3, -0.25) is 4.79 Å². The number of amides is 1. The van der Waals surface area contributed by atoms with Crippen LogP contribution in [0.4, 0.5) is 24.7 Å². The minimum Gasteiger partial charge on any atom is -0.351 e. The van der Waals surface area contributed by atoms with Gasteiger partial charge in [0.15, 0.2) is 11.5 Å². The van der Waals surface area contributed by atoms with Gasteiger partial charge in [0, 0.05) is 49.2 Å². The van der Waals surface area contributed by atoms with E-state index in [9.17, 15) is 23.2 Å². The number of piperazine rings is 1. The van der Waals surface area contributed by atoms with Gasteiger partial charge < -0.3 is 15.5 Å². The SMILES string of the molecule is N#Cc1c(N2CCNCC2)nn2c(-c3cccc(NC(=O)c4cccc(C(F)(F)F)c4)c3)ccnc12. The molecule has 0 radical (unpaired) electrons. The Balaban J connectivity index is 1.48. The summed E-state index contributed by atoms with van der Waals surface area (Å²) in [5.74, 6) is -0.0991. The number of anilines is 2. The summed E-state index contributed by atoms with van der Waals surface area (Å²) in [7, 11) is 0. The van der Waals surface area contributed by atoms with Gasteiger partial charge in [0.2, 0.25) is 0 Å². The first kappa shape index (κ1) is 23.3. The van der Waals surface area contributed by atoms with Gasteiger partial charge in [-0.15, -0.1) is 5.10 Å². The van der Waals surface area contributed by atoms with Crippen LogP contribution >= 0.6 is 0 Å². The molecule has 0 saturated carbocycles. The predicted molar refractivity (Wildman–Crippen MR) is 128 cm³/mol. The molecule has 11 heteroatoms. The first-order chi connectivity index (χ1) is 17.3. The minimum absolute atomic E-state index is 0.104. The number of carbonyl (C=O) groups excluding carboxylic acids is 1. The Bertz CT molecular complexity index is 1480. The van der Waals surface area contributed by atoms with Crippen LogP contribution in [-0.2, 0) is 6.18 Å². The van der Waals surface area contributed by atoms with Crippen LogP contribution < -0.4 is 15.5 Å². The van der Waals surface area contributed by atoms with E-state index in [0.29, 0.717) is 47.1 Å². The second-order valence-corrected chi connectivity index (χ2v) is 8.23. The monoisotopic (exact) mass is 491 g/mol. The summed E-state index contributed by atoms with van der Waals surface area (Å²) in [5.41, 5.74) is 1.53. The Hall–Kier alpha value is -4.43. The van der Waals surface area contributed by atoms with Crippen LogP contribution in [0.25, 0.3) is 16.9 Å². The number of carbonyl (C=O) groups is 1. The second-order valence-electron chi connectivity index (χ2n) is 8.23. The number of hydrogen-bond donors (Lipinski definition) is 2. The molecule has 1 aliphatic heterocycles. The van der Waals surface area contributed by atoms with Gasteiger partial charge in [0.25, 0.3) is 5.91 Å². The highest BCUT2D eigenvalue weighted by Crippen LogP contribution is 2.31. The molecule has 2 aromatic carbocycles. The number of fused-ring (bicyclic) bond motifs is 1. The van der Waals surface area contributed by atoms with Crippen molar-refractivity contribution in [2.24, 2.45) is 0 Å². The number of nitrogens with zero attached hydrogens (tertiary/aromatic N) is 5. The third-order valence-corrected chi connectivity index (χ3v) is 5.90. The van der Waals surface area contributed by atoms with E-state index in [1.807, 2.05) is 11.0 Å². The second kappa shape index (κ2) is 9.31. The molecule has 1 saturated heterocycles. The van der Waals surface area contributed by atoms with Crippen molar-refractivity contribution >= 4 is 23.1 Å². The third-order valence-electron chi connectivity index (χ3n) is 5.90. The standard InChI is InChI=1S/C25H20F3N7O/c26-25(27,28)18-5-1-4-17(13-18)24(36)32-19-6-2-3-16(14-19)21-7-8-31-22-20(15-29)23(33-35(21)22)34-11-9-30-10-12-34/h1-8,13-14,30H,9-12H2,(H,32,36). The highest BCUT2D eigenvalue weighted by Gasteiger charge is 2.31. The van der Waals surface area contributed by atoms with Crippen molar-refractivity contribution in [3.05, 3.63) is 77.5 Å². The first-order valence-electron chi connectivity index (χ1n) is 11.2. The maximum atomic E-state index is 13.0. The van der Waals surface area contributed by atoms with E-state index >= 15 is 0 Å². The Morgan fingerprint density at radius 2 is 1.86 bits per heavy atom. The molecule has 0 aliphatic carbocycles. The zero-order chi connectivity index (χ0) is 25.3. The van der Waals surface area contributed by atoms with Crippen LogP contribution in [0.15, 0.2) is 60.8 Å². The van der Waals surface area contributed by atoms with Crippen LogP contribution in [0.5, 0.6) is 0 Å². The summed E-state index contributed by atoms with van der Waals surface area (Å²) >= 11 is 0. The number of rotatable bonds is 4. The summed E-state index contributed by atoms with van der Waals surface area (Å²) in [6.07, 6.45) is -2.96. The smallest absolute Gasteiger partial charge is 0.351 e. The maximum Gasteiger partial charge on any atom is 0.416 e. The average molecular weight is 491 g/mol. The highest BCUT2D eigenvalue weighted by molar-refractivity contribution is 6.04. The number of nitriles is 1. The first-order valence-corrected chi connectivity index (χ1v) is 11.2. The molecule has 0 spiro atoms. The molecular weight excluding hydrogens is 471 g/mol. The highest BCUT2D eigenvalue weighted by atomic mass is 19.4. The number of hydrogen-bond acceptors (Lipinski definition) is 6. The largest absolute Gasteiger partial charge is 0.416 e. The van der Waals surface area contributed by atoms with E-state index in [2.05, 4.69) is 21.7 Å². The molecule has 1 aliphatic rings. The minimum atomic E-state index is -4.54. The summed E-state index contributed by atoms with van der Waals surface area (Å²) in [4.78, 5) is 19.1. The van der Waals surface area contributed by atoms with Crippen molar-refractivity contribution in [1.82, 2.24) is 19.9 Å². The number of halogens is 3. The molecular formula is C25H20F3N7O. The van der Waals surface area contributed by atoms with Gasteiger partial charge in [0.1, 0.15) is 11.6 Å². The van der Waals surface area contributed by atoms with E-state index in [1.165, 1.54) is 12.1 Å². The zero-order valence-corrected chi connectivity index (χ0v) is 18.9. The van der Waals surface area contributed by atoms with Crippen molar-refractivity contribution in [2.75, 3.05) is 36.4 Å². The van der Waals surface area contributed by atoms with Crippen LogP contribution in [0, 0.1) is 11.3 Å². The Morgan fingerprint density at radius 3 is 2.61 bits per heavy atom. The van der Waals surface area contributed by atoms with E-state index in [0.717, 1.165) is 25.2 Å². The number of nitrogens with one attached hydrogen (secondary N) is 2. The van der Waals surface area contributed by atoms with Gasteiger partial charge in [-0.25, -0.2) is 9.50 Å². The fourth-order valence-corrected chi connectivity index (χ4v) is 4.15. The average Bonchev–Trinajstić information content (AvgIpc) is 3.28. The number of benzene rings is 2. The molecule has 5 rings (SSSR count). The molecule has 0 unspecified atom stereocenters. The lowest BCUT2D eigenvalue weighted by Gasteiger charge is -2.27. The molecule has 2 aromatic heterocycles. The lowest BCUT2D eigenvalue weighted by molar-refractivity contribution is -0.137. The van der Waals surface area contributed by atoms with Gasteiger partial charge in [-0.2, -0.15) is 18.4 Å². The maximum absolute atomic E-state index is 13.0. The summed E-state index contributed by atoms with van der Waals surface area (Å²) in [6.45, 7) is 3.00. The van der Waals surface area contributed by atoms with Crippen molar-refractivity contribution in [1.29, 1.82) is 5.26 Å². The molecule has 0 bridgehead atoms. The zero-order valence-electron chi connectivity index (χ0n) is 18.9. The molecule has 36 heavy (non-hydrogen) atoms. The predicted octanol–water partition coefficient (Wildman–Crippen LogP) is 3.95. The fraction of sp³-hybridized carbons (Fsp3) is 0.200. The van der Waals surface area contributed by atoms with Crippen molar-refractivity contribution in [3.63, 3.8) is 0 Å². The molecule has 1 amide bonds. The Labute approximate surface area is 204 Å². The summed E-state index contributed by atoms with van der Waals surface area (Å²) < 4.78 is 40.7. The quantitative estimate of drug-likeness (QED) is 0.449. The van der Waals surface area contributed by atoms with Gasteiger partial charge >= 0.3 is 6.18 Å². The lowest BCUT2D eigenvalue weighted by Crippen LogP contribution is -2.44. The van der Waals surface area contributed by atoms with Crippen molar-refractivity contribution in [2.45, 2.75) is 6.18 Å². The molecule has 4 aromatic rings. The van der Waals surface area contributed by atoms with E-state index in [-0.39, 0.29) is 5.56 Å². The van der Waals surface area contributed by atoms with E-state index in [4.69, 9.17) is 5.10 Å². The number of aromatic nitrogens is 3. The van der Waals surface area contributed by atoms with Crippen LogP contribution in [0.1, 0.15) is 21.5 Å². The van der Waals surface area contributed by atoms with Gasteiger partial charge in [-0.1, -0.05) is 18.2 Å². The molecule has 2 N–H and O–H groups in total. The summed E-state index contributed by atoms with van der Waals surface area (Å²) in [5, 5.41) is 20.4. The molecule has 3 heterocycles. The summed E-state index contributed by atoms with van der Waals surface area (Å²) in [6, 6.07) is 15.1. The molecule has 182 valence electrons. The van der Waals surface area contributed by atoms with Crippen LogP contribution in [0.2, 0.25) is 0 Å². The van der Waals surface area contributed by atoms with E-state index < -0.39 is 17.6 Å². The van der Waals surface area contributed by atoms with E-state index in [1.54, 1.807) is 35.0 Å². The Kier molecular flexibility index (Phi) is 6.03. The van der Waals surface area contributed by atoms with Gasteiger partial charge in [-0.05, 0) is 36.4 Å². The Morgan fingerprint density at radius 1 is 1.08 bits per heavy atom. The molecule has 0 atom stereocenters. The number of alkyl halides is 3. The normalized spacial score (nSPS) is 14.0. The topological polar surface area (TPSA) is 98.4 Å². The molecule has 8 nitrogen and oxygen atoms in total. The van der Waals surface area contributed by atoms with Crippen molar-refractivity contribution < 1.29 is 18.0 Å². The van der Waals surface area contributed by atoms with Gasteiger partial charge in [0.05, 0.1) is 11.3 Å². The van der Waals surface area contributed by atoms with Crippen molar-refractivity contribution in [3.8, 4) is 17.3 Å².